The van der Waals surface area contributed by atoms with Gasteiger partial charge in [-0.05, 0) is 54.4 Å². The molecule has 1 aliphatic rings. The molecule has 9 nitrogen and oxygen atoms in total. The lowest BCUT2D eigenvalue weighted by molar-refractivity contribution is -0.128. The molecule has 1 atom stereocenters. The third-order valence-corrected chi connectivity index (χ3v) is 8.77. The Kier molecular flexibility index (Phi) is 9.38. The second kappa shape index (κ2) is 13.5. The molecule has 0 saturated heterocycles. The lowest BCUT2D eigenvalue weighted by atomic mass is 10.1. The quantitative estimate of drug-likeness (QED) is 0.274. The first kappa shape index (κ1) is 29.8. The van der Waals surface area contributed by atoms with E-state index in [-0.39, 0.29) is 23.9 Å². The van der Waals surface area contributed by atoms with E-state index in [1.54, 1.807) is 36.4 Å². The standard InChI is InChI=1S/C33H33N3O6S/c1-2-41-27-17-19-28(20-18-27)43(39,40)35(22-26-13-7-4-8-14-26)24-32(37)36-23-31(42-30-16-10-9-15-29(30)36)33(38)34-21-25-11-5-3-6-12-25/h3-20,31H,2,21-24H2,1H3,(H,34,38)/t31-/m0/s1. The lowest BCUT2D eigenvalue weighted by Gasteiger charge is -2.35. The van der Waals surface area contributed by atoms with E-state index in [1.807, 2.05) is 67.6 Å². The summed E-state index contributed by atoms with van der Waals surface area (Å²) in [4.78, 5) is 28.5. The molecule has 0 fully saturated rings. The first-order valence-electron chi connectivity index (χ1n) is 14.0. The van der Waals surface area contributed by atoms with Gasteiger partial charge in [-0.25, -0.2) is 8.42 Å². The largest absolute Gasteiger partial charge is 0.494 e. The second-order valence-corrected chi connectivity index (χ2v) is 11.9. The maximum absolute atomic E-state index is 13.9. The van der Waals surface area contributed by atoms with Gasteiger partial charge in [-0.2, -0.15) is 4.31 Å². The van der Waals surface area contributed by atoms with Crippen LogP contribution in [0, 0.1) is 0 Å². The van der Waals surface area contributed by atoms with Crippen molar-refractivity contribution in [2.45, 2.75) is 31.0 Å². The number of rotatable bonds is 11. The van der Waals surface area contributed by atoms with E-state index in [4.69, 9.17) is 9.47 Å². The summed E-state index contributed by atoms with van der Waals surface area (Å²) >= 11 is 0. The molecule has 1 heterocycles. The van der Waals surface area contributed by atoms with Gasteiger partial charge in [0.2, 0.25) is 15.9 Å². The minimum atomic E-state index is -4.09. The Bertz CT molecular complexity index is 1650. The van der Waals surface area contributed by atoms with Crippen molar-refractivity contribution in [3.63, 3.8) is 0 Å². The van der Waals surface area contributed by atoms with Crippen molar-refractivity contribution in [2.75, 3.05) is 24.6 Å². The van der Waals surface area contributed by atoms with E-state index in [9.17, 15) is 18.0 Å². The van der Waals surface area contributed by atoms with Crippen molar-refractivity contribution in [3.05, 3.63) is 120 Å². The van der Waals surface area contributed by atoms with E-state index in [0.29, 0.717) is 30.3 Å². The molecule has 5 rings (SSSR count). The number of amides is 2. The molecule has 4 aromatic carbocycles. The molecule has 43 heavy (non-hydrogen) atoms. The summed E-state index contributed by atoms with van der Waals surface area (Å²) in [6.07, 6.45) is -0.979. The summed E-state index contributed by atoms with van der Waals surface area (Å²) in [5.74, 6) is 0.0564. The number of carbonyl (C=O) groups is 2. The summed E-state index contributed by atoms with van der Waals surface area (Å²) in [5, 5.41) is 2.87. The van der Waals surface area contributed by atoms with Crippen LogP contribution in [0.3, 0.4) is 0 Å². The van der Waals surface area contributed by atoms with Crippen molar-refractivity contribution in [1.82, 2.24) is 9.62 Å². The molecule has 222 valence electrons. The van der Waals surface area contributed by atoms with Crippen LogP contribution in [0.1, 0.15) is 18.1 Å². The number of para-hydroxylation sites is 2. The molecule has 1 aliphatic heterocycles. The predicted octanol–water partition coefficient (Wildman–Crippen LogP) is 4.39. The molecule has 0 radical (unpaired) electrons. The number of hydrogen-bond donors (Lipinski definition) is 1. The van der Waals surface area contributed by atoms with Crippen LogP contribution < -0.4 is 19.7 Å². The maximum atomic E-state index is 13.9. The fraction of sp³-hybridized carbons (Fsp3) is 0.212. The Hall–Kier alpha value is -4.67. The summed E-state index contributed by atoms with van der Waals surface area (Å²) in [7, 11) is -4.09. The average Bonchev–Trinajstić information content (AvgIpc) is 3.04. The molecule has 1 N–H and O–H groups in total. The molecule has 0 unspecified atom stereocenters. The van der Waals surface area contributed by atoms with Gasteiger partial charge >= 0.3 is 0 Å². The monoisotopic (exact) mass is 599 g/mol. The Labute approximate surface area is 251 Å². The highest BCUT2D eigenvalue weighted by Crippen LogP contribution is 2.34. The molecule has 0 aromatic heterocycles. The summed E-state index contributed by atoms with van der Waals surface area (Å²) in [6, 6.07) is 31.6. The number of benzene rings is 4. The first-order chi connectivity index (χ1) is 20.8. The van der Waals surface area contributed by atoms with Gasteiger partial charge < -0.3 is 19.7 Å². The van der Waals surface area contributed by atoms with Crippen LogP contribution >= 0.6 is 0 Å². The average molecular weight is 600 g/mol. The number of anilines is 1. The Morgan fingerprint density at radius 1 is 0.884 bits per heavy atom. The smallest absolute Gasteiger partial charge is 0.263 e. The van der Waals surface area contributed by atoms with E-state index in [0.717, 1.165) is 15.4 Å². The molecule has 0 spiro atoms. The zero-order chi connectivity index (χ0) is 30.2. The summed E-state index contributed by atoms with van der Waals surface area (Å²) < 4.78 is 40.4. The Morgan fingerprint density at radius 3 is 2.19 bits per heavy atom. The lowest BCUT2D eigenvalue weighted by Crippen LogP contribution is -2.52. The van der Waals surface area contributed by atoms with Gasteiger partial charge in [0.25, 0.3) is 5.91 Å². The van der Waals surface area contributed by atoms with Crippen molar-refractivity contribution >= 4 is 27.5 Å². The van der Waals surface area contributed by atoms with E-state index < -0.39 is 28.6 Å². The number of nitrogens with one attached hydrogen (secondary N) is 1. The zero-order valence-electron chi connectivity index (χ0n) is 23.8. The van der Waals surface area contributed by atoms with E-state index in [1.165, 1.54) is 17.0 Å². The highest BCUT2D eigenvalue weighted by atomic mass is 32.2. The SMILES string of the molecule is CCOc1ccc(S(=O)(=O)N(CC(=O)N2C[C@@H](C(=O)NCc3ccccc3)Oc3ccccc32)Cc2ccccc2)cc1. The number of ether oxygens (including phenoxy) is 2. The Balaban J connectivity index is 1.39. The van der Waals surface area contributed by atoms with Crippen LogP contribution in [0.5, 0.6) is 11.5 Å². The molecule has 10 heteroatoms. The number of sulfonamides is 1. The topological polar surface area (TPSA) is 105 Å². The van der Waals surface area contributed by atoms with Gasteiger partial charge in [0, 0.05) is 13.1 Å². The van der Waals surface area contributed by atoms with Gasteiger partial charge in [-0.15, -0.1) is 0 Å². The van der Waals surface area contributed by atoms with Crippen LogP contribution in [-0.2, 0) is 32.7 Å². The molecular formula is C33H33N3O6S. The first-order valence-corrected chi connectivity index (χ1v) is 15.4. The fourth-order valence-electron chi connectivity index (χ4n) is 4.78. The van der Waals surface area contributed by atoms with Crippen molar-refractivity contribution in [1.29, 1.82) is 0 Å². The van der Waals surface area contributed by atoms with Crippen LogP contribution in [-0.4, -0.2) is 50.3 Å². The van der Waals surface area contributed by atoms with Gasteiger partial charge in [0.1, 0.15) is 11.5 Å². The number of hydrogen-bond acceptors (Lipinski definition) is 6. The molecule has 2 amide bonds. The third kappa shape index (κ3) is 7.22. The fourth-order valence-corrected chi connectivity index (χ4v) is 6.16. The molecule has 0 aliphatic carbocycles. The highest BCUT2D eigenvalue weighted by Gasteiger charge is 2.36. The minimum Gasteiger partial charge on any atom is -0.494 e. The second-order valence-electron chi connectivity index (χ2n) is 9.95. The zero-order valence-corrected chi connectivity index (χ0v) is 24.6. The third-order valence-electron chi connectivity index (χ3n) is 6.96. The van der Waals surface area contributed by atoms with Gasteiger partial charge in [-0.1, -0.05) is 72.8 Å². The number of carbonyl (C=O) groups excluding carboxylic acids is 2. The van der Waals surface area contributed by atoms with Gasteiger partial charge in [-0.3, -0.25) is 9.59 Å². The number of nitrogens with zero attached hydrogens (tertiary/aromatic N) is 2. The van der Waals surface area contributed by atoms with Crippen molar-refractivity contribution in [2.24, 2.45) is 0 Å². The predicted molar refractivity (Wildman–Crippen MR) is 163 cm³/mol. The molecule has 0 saturated carbocycles. The van der Waals surface area contributed by atoms with E-state index >= 15 is 0 Å². The minimum absolute atomic E-state index is 0.0187. The van der Waals surface area contributed by atoms with Gasteiger partial charge in [0.15, 0.2) is 6.10 Å². The van der Waals surface area contributed by atoms with Crippen molar-refractivity contribution in [3.8, 4) is 11.5 Å². The summed E-state index contributed by atoms with van der Waals surface area (Å²) in [6.45, 7) is 2.07. The normalized spacial score (nSPS) is 14.5. The van der Waals surface area contributed by atoms with Crippen LogP contribution in [0.2, 0.25) is 0 Å². The maximum Gasteiger partial charge on any atom is 0.263 e. The highest BCUT2D eigenvalue weighted by molar-refractivity contribution is 7.89. The van der Waals surface area contributed by atoms with Crippen molar-refractivity contribution < 1.29 is 27.5 Å². The van der Waals surface area contributed by atoms with Crippen LogP contribution in [0.15, 0.2) is 114 Å². The van der Waals surface area contributed by atoms with Crippen LogP contribution in [0.25, 0.3) is 0 Å². The number of fused-ring (bicyclic) bond motifs is 1. The van der Waals surface area contributed by atoms with E-state index in [2.05, 4.69) is 5.32 Å². The van der Waals surface area contributed by atoms with Gasteiger partial charge in [0.05, 0.1) is 30.3 Å². The molecule has 4 aromatic rings. The van der Waals surface area contributed by atoms with Crippen LogP contribution in [0.4, 0.5) is 5.69 Å². The molecule has 0 bridgehead atoms. The molecular weight excluding hydrogens is 566 g/mol. The summed E-state index contributed by atoms with van der Waals surface area (Å²) in [5.41, 5.74) is 2.12. The Morgan fingerprint density at radius 2 is 1.51 bits per heavy atom.